The van der Waals surface area contributed by atoms with E-state index in [9.17, 15) is 4.79 Å². The minimum Gasteiger partial charge on any atom is -0.359 e. The van der Waals surface area contributed by atoms with Gasteiger partial charge in [-0.25, -0.2) is 10.2 Å². The third-order valence-corrected chi connectivity index (χ3v) is 2.93. The lowest BCUT2D eigenvalue weighted by Gasteiger charge is -2.12. The third kappa shape index (κ3) is 1.29. The van der Waals surface area contributed by atoms with Gasteiger partial charge in [0.2, 0.25) is 0 Å². The zero-order valence-corrected chi connectivity index (χ0v) is 8.51. The number of nitrogens with two attached hydrogens (primary N) is 1. The van der Waals surface area contributed by atoms with E-state index in [0.717, 1.165) is 17.7 Å². The van der Waals surface area contributed by atoms with Crippen molar-refractivity contribution < 1.29 is 9.53 Å². The zero-order chi connectivity index (χ0) is 11.1. The number of nitrogens with one attached hydrogen (secondary N) is 1. The summed E-state index contributed by atoms with van der Waals surface area (Å²) < 4.78 is 5.76. The van der Waals surface area contributed by atoms with Crippen molar-refractivity contribution >= 4 is 11.7 Å². The SMILES string of the molecule is NC(=O)N/N=C1\CC2OC1c1ccccc12. The van der Waals surface area contributed by atoms with E-state index < -0.39 is 6.03 Å². The Hall–Kier alpha value is -1.88. The van der Waals surface area contributed by atoms with Crippen LogP contribution in [0.1, 0.15) is 29.8 Å². The van der Waals surface area contributed by atoms with Crippen LogP contribution in [-0.4, -0.2) is 11.7 Å². The molecule has 1 saturated heterocycles. The first-order valence-corrected chi connectivity index (χ1v) is 5.12. The van der Waals surface area contributed by atoms with Crippen LogP contribution in [0.5, 0.6) is 0 Å². The number of amides is 2. The van der Waals surface area contributed by atoms with E-state index in [1.54, 1.807) is 0 Å². The number of fused-ring (bicyclic) bond motifs is 5. The molecule has 1 fully saturated rings. The van der Waals surface area contributed by atoms with Crippen molar-refractivity contribution in [2.24, 2.45) is 10.8 Å². The molecule has 5 heteroatoms. The Bertz CT molecular complexity index is 484. The number of carbonyl (C=O) groups is 1. The molecule has 2 atom stereocenters. The predicted molar refractivity (Wildman–Crippen MR) is 57.8 cm³/mol. The van der Waals surface area contributed by atoms with Crippen molar-refractivity contribution in [2.45, 2.75) is 18.6 Å². The number of hydrazone groups is 1. The normalized spacial score (nSPS) is 28.1. The average Bonchev–Trinajstić information content (AvgIpc) is 2.85. The second-order valence-corrected chi connectivity index (χ2v) is 3.92. The van der Waals surface area contributed by atoms with Gasteiger partial charge in [0.15, 0.2) is 0 Å². The monoisotopic (exact) mass is 217 g/mol. The Morgan fingerprint density at radius 1 is 1.44 bits per heavy atom. The molecule has 5 nitrogen and oxygen atoms in total. The molecule has 2 unspecified atom stereocenters. The number of carbonyl (C=O) groups excluding carboxylic acids is 1. The highest BCUT2D eigenvalue weighted by atomic mass is 16.5. The molecule has 2 aliphatic rings. The summed E-state index contributed by atoms with van der Waals surface area (Å²) in [6, 6.07) is 7.42. The van der Waals surface area contributed by atoms with E-state index >= 15 is 0 Å². The molecule has 0 aliphatic carbocycles. The second-order valence-electron chi connectivity index (χ2n) is 3.92. The number of primary amides is 1. The van der Waals surface area contributed by atoms with Crippen molar-refractivity contribution in [2.75, 3.05) is 0 Å². The summed E-state index contributed by atoms with van der Waals surface area (Å²) in [6.07, 6.45) is 0.685. The molecule has 82 valence electrons. The minimum atomic E-state index is -0.649. The van der Waals surface area contributed by atoms with Crippen LogP contribution in [0.4, 0.5) is 4.79 Å². The lowest BCUT2D eigenvalue weighted by Crippen LogP contribution is -2.26. The summed E-state index contributed by atoms with van der Waals surface area (Å²) in [5, 5.41) is 3.97. The molecule has 16 heavy (non-hydrogen) atoms. The third-order valence-electron chi connectivity index (χ3n) is 2.93. The van der Waals surface area contributed by atoms with Crippen LogP contribution in [0, 0.1) is 0 Å². The molecule has 0 spiro atoms. The average molecular weight is 217 g/mol. The van der Waals surface area contributed by atoms with Crippen molar-refractivity contribution in [3.63, 3.8) is 0 Å². The number of urea groups is 1. The molecule has 0 radical (unpaired) electrons. The van der Waals surface area contributed by atoms with Gasteiger partial charge in [0.25, 0.3) is 0 Å². The fraction of sp³-hybridized carbons (Fsp3) is 0.273. The molecule has 3 N–H and O–H groups in total. The van der Waals surface area contributed by atoms with Crippen LogP contribution in [-0.2, 0) is 4.74 Å². The summed E-state index contributed by atoms with van der Waals surface area (Å²) in [5.74, 6) is 0. The summed E-state index contributed by atoms with van der Waals surface area (Å²) in [4.78, 5) is 10.6. The topological polar surface area (TPSA) is 76.7 Å². The maximum Gasteiger partial charge on any atom is 0.332 e. The molecule has 2 bridgehead atoms. The number of nitrogens with zero attached hydrogens (tertiary/aromatic N) is 1. The van der Waals surface area contributed by atoms with Crippen LogP contribution in [0.2, 0.25) is 0 Å². The number of benzene rings is 1. The zero-order valence-electron chi connectivity index (χ0n) is 8.51. The molecule has 2 aliphatic heterocycles. The van der Waals surface area contributed by atoms with Crippen LogP contribution >= 0.6 is 0 Å². The Balaban J connectivity index is 1.92. The van der Waals surface area contributed by atoms with E-state index in [0.29, 0.717) is 0 Å². The number of rotatable bonds is 1. The molecule has 2 heterocycles. The molecule has 1 aromatic carbocycles. The van der Waals surface area contributed by atoms with Crippen molar-refractivity contribution in [3.05, 3.63) is 35.4 Å². The van der Waals surface area contributed by atoms with Crippen LogP contribution < -0.4 is 11.2 Å². The summed E-state index contributed by atoms with van der Waals surface area (Å²) in [5.41, 5.74) is 10.4. The Morgan fingerprint density at radius 2 is 2.19 bits per heavy atom. The van der Waals surface area contributed by atoms with E-state index in [1.165, 1.54) is 5.56 Å². The minimum absolute atomic E-state index is 0.0784. The van der Waals surface area contributed by atoms with Crippen LogP contribution in [0.25, 0.3) is 0 Å². The molecular formula is C11H11N3O2. The summed E-state index contributed by atoms with van der Waals surface area (Å²) >= 11 is 0. The van der Waals surface area contributed by atoms with Crippen LogP contribution in [0.15, 0.2) is 29.4 Å². The number of hydrogen-bond donors (Lipinski definition) is 2. The lowest BCUT2D eigenvalue weighted by atomic mass is 9.90. The fourth-order valence-corrected chi connectivity index (χ4v) is 2.30. The number of ether oxygens (including phenoxy) is 1. The van der Waals surface area contributed by atoms with Crippen molar-refractivity contribution in [1.82, 2.24) is 5.43 Å². The Labute approximate surface area is 92.3 Å². The van der Waals surface area contributed by atoms with E-state index in [4.69, 9.17) is 10.5 Å². The van der Waals surface area contributed by atoms with Gasteiger partial charge in [-0.05, 0) is 11.1 Å². The van der Waals surface area contributed by atoms with Gasteiger partial charge < -0.3 is 10.5 Å². The van der Waals surface area contributed by atoms with Crippen LogP contribution in [0.3, 0.4) is 0 Å². The first-order chi connectivity index (χ1) is 7.75. The van der Waals surface area contributed by atoms with Gasteiger partial charge in [0.05, 0.1) is 11.8 Å². The van der Waals surface area contributed by atoms with E-state index in [2.05, 4.69) is 16.6 Å². The largest absolute Gasteiger partial charge is 0.359 e. The van der Waals surface area contributed by atoms with E-state index in [-0.39, 0.29) is 12.2 Å². The van der Waals surface area contributed by atoms with Crippen molar-refractivity contribution in [1.29, 1.82) is 0 Å². The predicted octanol–water partition coefficient (Wildman–Crippen LogP) is 1.23. The molecule has 0 saturated carbocycles. The standard InChI is InChI=1S/C11H11N3O2/c12-11(15)14-13-8-5-9-6-3-1-2-4-7(6)10(8)16-9/h1-4,9-10H,5H2,(H3,12,14,15)/b13-8+. The van der Waals surface area contributed by atoms with Gasteiger partial charge in [0, 0.05) is 6.42 Å². The maximum atomic E-state index is 10.6. The molecular weight excluding hydrogens is 206 g/mol. The molecule has 0 aromatic heterocycles. The van der Waals surface area contributed by atoms with Gasteiger partial charge in [-0.1, -0.05) is 24.3 Å². The van der Waals surface area contributed by atoms with Gasteiger partial charge >= 0.3 is 6.03 Å². The van der Waals surface area contributed by atoms with Gasteiger partial charge in [-0.3, -0.25) is 0 Å². The highest BCUT2D eigenvalue weighted by Gasteiger charge is 2.42. The maximum absolute atomic E-state index is 10.6. The quantitative estimate of drug-likeness (QED) is 0.694. The van der Waals surface area contributed by atoms with Gasteiger partial charge in [0.1, 0.15) is 6.10 Å². The Kier molecular flexibility index (Phi) is 1.94. The first-order valence-electron chi connectivity index (χ1n) is 5.12. The Morgan fingerprint density at radius 3 is 2.94 bits per heavy atom. The first kappa shape index (κ1) is 9.35. The van der Waals surface area contributed by atoms with Crippen molar-refractivity contribution in [3.8, 4) is 0 Å². The second kappa shape index (κ2) is 3.31. The molecule has 2 amide bonds. The molecule has 3 rings (SSSR count). The van der Waals surface area contributed by atoms with Gasteiger partial charge in [-0.15, -0.1) is 0 Å². The highest BCUT2D eigenvalue weighted by molar-refractivity contribution is 5.94. The summed E-state index contributed by atoms with van der Waals surface area (Å²) in [6.45, 7) is 0. The molecule has 1 aromatic rings. The number of hydrogen-bond acceptors (Lipinski definition) is 3. The summed E-state index contributed by atoms with van der Waals surface area (Å²) in [7, 11) is 0. The van der Waals surface area contributed by atoms with E-state index in [1.807, 2.05) is 18.2 Å². The highest BCUT2D eigenvalue weighted by Crippen LogP contribution is 2.48. The fourth-order valence-electron chi connectivity index (χ4n) is 2.30. The van der Waals surface area contributed by atoms with Gasteiger partial charge in [-0.2, -0.15) is 5.10 Å². The lowest BCUT2D eigenvalue weighted by molar-refractivity contribution is 0.0838. The smallest absolute Gasteiger partial charge is 0.332 e.